The number of nitro benzene ring substituents is 2. The van der Waals surface area contributed by atoms with Crippen molar-refractivity contribution < 1.29 is 15.0 Å². The van der Waals surface area contributed by atoms with Crippen LogP contribution in [0, 0.1) is 20.2 Å². The molecule has 0 aliphatic heterocycles. The van der Waals surface area contributed by atoms with Crippen molar-refractivity contribution in [2.45, 2.75) is 0 Å². The minimum absolute atomic E-state index is 0. The van der Waals surface area contributed by atoms with Gasteiger partial charge >= 0.3 is 11.4 Å². The normalized spacial score (nSPS) is 8.86. The molecule has 0 unspecified atom stereocenters. The van der Waals surface area contributed by atoms with Gasteiger partial charge in [0.15, 0.2) is 0 Å². The van der Waals surface area contributed by atoms with Crippen molar-refractivity contribution in [3.8, 4) is 5.75 Å². The molecular weight excluding hydrogens is 203 g/mol. The molecule has 0 atom stereocenters. The summed E-state index contributed by atoms with van der Waals surface area (Å²) in [5.74, 6) is -0.919. The molecule has 0 saturated heterocycles. The topological polar surface area (TPSA) is 107 Å². The molecule has 1 N–H and O–H groups in total. The monoisotopic (exact) mass is 207 g/mol. The Morgan fingerprint density at radius 3 is 1.71 bits per heavy atom. The van der Waals surface area contributed by atoms with Crippen LogP contribution in [-0.4, -0.2) is 44.5 Å². The van der Waals surface area contributed by atoms with Gasteiger partial charge in [-0.05, 0) is 6.07 Å². The molecule has 1 aromatic rings. The van der Waals surface area contributed by atoms with Gasteiger partial charge in [0.2, 0.25) is 0 Å². The molecular formula is C6H4N2NaO5. The van der Waals surface area contributed by atoms with Crippen LogP contribution in [0.2, 0.25) is 0 Å². The fraction of sp³-hybridized carbons (Fsp3) is 0. The maximum absolute atomic E-state index is 10.2. The second-order valence-electron chi connectivity index (χ2n) is 2.16. The van der Waals surface area contributed by atoms with Crippen LogP contribution in [0.4, 0.5) is 11.4 Å². The molecule has 14 heavy (non-hydrogen) atoms. The summed E-state index contributed by atoms with van der Waals surface area (Å²) >= 11 is 0. The van der Waals surface area contributed by atoms with E-state index < -0.39 is 27.0 Å². The number of rotatable bonds is 2. The summed E-state index contributed by atoms with van der Waals surface area (Å²) in [5, 5.41) is 29.5. The van der Waals surface area contributed by atoms with Crippen LogP contribution >= 0.6 is 0 Å². The van der Waals surface area contributed by atoms with Gasteiger partial charge in [-0.15, -0.1) is 0 Å². The first-order valence-corrected chi connectivity index (χ1v) is 3.15. The van der Waals surface area contributed by atoms with Gasteiger partial charge in [0.05, 0.1) is 9.85 Å². The molecule has 1 rings (SSSR count). The number of hydrogen-bond donors (Lipinski definition) is 1. The number of para-hydroxylation sites is 1. The van der Waals surface area contributed by atoms with Crippen molar-refractivity contribution in [3.63, 3.8) is 0 Å². The zero-order valence-electron chi connectivity index (χ0n) is 7.21. The van der Waals surface area contributed by atoms with E-state index >= 15 is 0 Å². The molecule has 0 aliphatic carbocycles. The molecule has 0 amide bonds. The summed E-state index contributed by atoms with van der Waals surface area (Å²) in [4.78, 5) is 18.7. The van der Waals surface area contributed by atoms with E-state index in [-0.39, 0.29) is 29.6 Å². The largest absolute Gasteiger partial charge is 0.497 e. The number of nitrogens with zero attached hydrogens (tertiary/aromatic N) is 2. The van der Waals surface area contributed by atoms with Crippen molar-refractivity contribution in [2.75, 3.05) is 0 Å². The Balaban J connectivity index is 0.00000169. The van der Waals surface area contributed by atoms with Gasteiger partial charge in [-0.3, -0.25) is 20.2 Å². The SMILES string of the molecule is O=[N+]([O-])c1cccc([N+](=O)[O-])c1O.[Na]. The molecule has 0 aromatic heterocycles. The van der Waals surface area contributed by atoms with Gasteiger partial charge in [-0.2, -0.15) is 0 Å². The van der Waals surface area contributed by atoms with E-state index in [0.717, 1.165) is 18.2 Å². The Bertz CT molecular complexity index is 348. The smallest absolute Gasteiger partial charge is 0.318 e. The first-order valence-electron chi connectivity index (χ1n) is 3.15. The quantitative estimate of drug-likeness (QED) is 0.439. The predicted molar refractivity (Wildman–Crippen MR) is 47.2 cm³/mol. The summed E-state index contributed by atoms with van der Waals surface area (Å²) in [7, 11) is 0. The average Bonchev–Trinajstić information content (AvgIpc) is 2.03. The first-order chi connectivity index (χ1) is 6.04. The van der Waals surface area contributed by atoms with Gasteiger partial charge in [-0.1, -0.05) is 0 Å². The Hall–Kier alpha value is -1.18. The van der Waals surface area contributed by atoms with E-state index in [4.69, 9.17) is 5.11 Å². The minimum Gasteiger partial charge on any atom is -0.497 e. The van der Waals surface area contributed by atoms with Gasteiger partial charge in [0.1, 0.15) is 0 Å². The summed E-state index contributed by atoms with van der Waals surface area (Å²) < 4.78 is 0. The third kappa shape index (κ3) is 2.41. The van der Waals surface area contributed by atoms with Gasteiger partial charge in [0.25, 0.3) is 5.75 Å². The van der Waals surface area contributed by atoms with E-state index in [9.17, 15) is 20.2 Å². The maximum Gasteiger partial charge on any atom is 0.318 e. The molecule has 69 valence electrons. The van der Waals surface area contributed by atoms with E-state index in [0.29, 0.717) is 0 Å². The van der Waals surface area contributed by atoms with E-state index in [2.05, 4.69) is 0 Å². The molecule has 0 heterocycles. The van der Waals surface area contributed by atoms with Crippen molar-refractivity contribution in [2.24, 2.45) is 0 Å². The Kier molecular flexibility index (Phi) is 4.48. The van der Waals surface area contributed by atoms with Crippen LogP contribution < -0.4 is 0 Å². The minimum atomic E-state index is -0.919. The molecule has 7 nitrogen and oxygen atoms in total. The van der Waals surface area contributed by atoms with Crippen molar-refractivity contribution in [1.29, 1.82) is 0 Å². The zero-order chi connectivity index (χ0) is 10.0. The van der Waals surface area contributed by atoms with Gasteiger partial charge in [0, 0.05) is 41.7 Å². The predicted octanol–water partition coefficient (Wildman–Crippen LogP) is 0.828. The summed E-state index contributed by atoms with van der Waals surface area (Å²) in [6.45, 7) is 0. The number of hydrogen-bond acceptors (Lipinski definition) is 5. The number of phenols is 1. The number of nitro groups is 2. The standard InChI is InChI=1S/C6H4N2O5.Na/c9-6-4(7(10)11)2-1-3-5(6)8(12)13;/h1-3,9H;. The van der Waals surface area contributed by atoms with E-state index in [1.165, 1.54) is 0 Å². The van der Waals surface area contributed by atoms with Crippen LogP contribution in [0.1, 0.15) is 0 Å². The molecule has 1 aromatic carbocycles. The maximum atomic E-state index is 10.2. The zero-order valence-corrected chi connectivity index (χ0v) is 9.21. The second-order valence-corrected chi connectivity index (χ2v) is 2.16. The molecule has 8 heteroatoms. The van der Waals surface area contributed by atoms with Crippen molar-refractivity contribution >= 4 is 40.9 Å². The first kappa shape index (κ1) is 12.8. The fourth-order valence-corrected chi connectivity index (χ4v) is 0.814. The van der Waals surface area contributed by atoms with E-state index in [1.54, 1.807) is 0 Å². The van der Waals surface area contributed by atoms with Crippen molar-refractivity contribution in [3.05, 3.63) is 38.4 Å². The van der Waals surface area contributed by atoms with Crippen LogP contribution in [0.15, 0.2) is 18.2 Å². The Morgan fingerprint density at radius 2 is 1.43 bits per heavy atom. The number of aromatic hydroxyl groups is 1. The third-order valence-electron chi connectivity index (χ3n) is 1.39. The molecule has 0 spiro atoms. The van der Waals surface area contributed by atoms with Crippen molar-refractivity contribution in [1.82, 2.24) is 0 Å². The van der Waals surface area contributed by atoms with Gasteiger partial charge < -0.3 is 5.11 Å². The average molecular weight is 207 g/mol. The molecule has 0 aliphatic rings. The molecule has 0 saturated carbocycles. The Morgan fingerprint density at radius 1 is 1.07 bits per heavy atom. The summed E-state index contributed by atoms with van der Waals surface area (Å²) in [5.41, 5.74) is -1.34. The van der Waals surface area contributed by atoms with Crippen LogP contribution in [0.5, 0.6) is 5.75 Å². The van der Waals surface area contributed by atoms with Crippen LogP contribution in [0.3, 0.4) is 0 Å². The number of benzene rings is 1. The molecule has 0 bridgehead atoms. The Labute approximate surface area is 99.9 Å². The van der Waals surface area contributed by atoms with Crippen LogP contribution in [-0.2, 0) is 0 Å². The fourth-order valence-electron chi connectivity index (χ4n) is 0.814. The number of phenolic OH excluding ortho intramolecular Hbond substituents is 1. The summed E-state index contributed by atoms with van der Waals surface area (Å²) in [6, 6.07) is 3.11. The molecule has 0 fully saturated rings. The summed E-state index contributed by atoms with van der Waals surface area (Å²) in [6.07, 6.45) is 0. The van der Waals surface area contributed by atoms with Crippen LogP contribution in [0.25, 0.3) is 0 Å². The van der Waals surface area contributed by atoms with Gasteiger partial charge in [-0.25, -0.2) is 0 Å². The second kappa shape index (κ2) is 4.89. The van der Waals surface area contributed by atoms with E-state index in [1.807, 2.05) is 0 Å². The third-order valence-corrected chi connectivity index (χ3v) is 1.39. The molecule has 1 radical (unpaired) electrons.